The second kappa shape index (κ2) is 13.1. The van der Waals surface area contributed by atoms with Crippen molar-refractivity contribution in [3.8, 4) is 28.2 Å². The summed E-state index contributed by atoms with van der Waals surface area (Å²) >= 11 is 6.43. The van der Waals surface area contributed by atoms with Gasteiger partial charge in [0.05, 0.1) is 17.6 Å². The van der Waals surface area contributed by atoms with E-state index < -0.39 is 21.6 Å². The van der Waals surface area contributed by atoms with Gasteiger partial charge >= 0.3 is 16.3 Å². The highest BCUT2D eigenvalue weighted by atomic mass is 35.5. The Labute approximate surface area is 278 Å². The van der Waals surface area contributed by atoms with Crippen LogP contribution in [0.2, 0.25) is 5.02 Å². The van der Waals surface area contributed by atoms with Crippen molar-refractivity contribution in [2.75, 3.05) is 48.9 Å². The van der Waals surface area contributed by atoms with E-state index in [1.54, 1.807) is 46.5 Å². The number of carbonyl (C=O) groups is 1. The molecule has 2 aliphatic heterocycles. The molecule has 0 saturated carbocycles. The SMILES string of the molecule is CC(C)(C)OC(=O)N1CCN(c2ccc(-n3cc(-c4cc(Cl)cc(NS(=O)(=O)N5CCCC5)c4F)c(-c4ccncc4)n3)nc2)CC1. The minimum atomic E-state index is -3.96. The Balaban J connectivity index is 1.28. The largest absolute Gasteiger partial charge is 0.444 e. The Bertz CT molecular complexity index is 1850. The average molecular weight is 683 g/mol. The quantitative estimate of drug-likeness (QED) is 0.267. The van der Waals surface area contributed by atoms with Crippen LogP contribution in [-0.4, -0.2) is 88.3 Å². The molecule has 15 heteroatoms. The van der Waals surface area contributed by atoms with E-state index in [2.05, 4.69) is 19.6 Å². The van der Waals surface area contributed by atoms with E-state index in [9.17, 15) is 13.2 Å². The standard InChI is InChI=1S/C32H36ClFN8O4S/c1-32(2,3)46-31(43)40-16-14-39(15-17-40)24-6-7-28(36-20-24)42-21-26(30(37-42)22-8-10-35-11-9-22)25-18-23(33)19-27(29(25)34)38-47(44,45)41-12-4-5-13-41/h6-11,18-21,38H,4-5,12-17H2,1-3H3. The van der Waals surface area contributed by atoms with Gasteiger partial charge < -0.3 is 14.5 Å². The third kappa shape index (κ3) is 7.34. The molecule has 6 rings (SSSR count). The fourth-order valence-electron chi connectivity index (χ4n) is 5.58. The highest BCUT2D eigenvalue weighted by molar-refractivity contribution is 7.90. The van der Waals surface area contributed by atoms with Crippen molar-refractivity contribution in [1.82, 2.24) is 29.0 Å². The van der Waals surface area contributed by atoms with Gasteiger partial charge in [0.1, 0.15) is 11.3 Å². The normalized spacial score (nSPS) is 16.0. The summed E-state index contributed by atoms with van der Waals surface area (Å²) in [5.41, 5.74) is 1.66. The topological polar surface area (TPSA) is 126 Å². The van der Waals surface area contributed by atoms with Crippen LogP contribution in [0.15, 0.2) is 61.2 Å². The highest BCUT2D eigenvalue weighted by Gasteiger charge is 2.29. The molecule has 0 unspecified atom stereocenters. The van der Waals surface area contributed by atoms with Crippen LogP contribution in [0, 0.1) is 5.82 Å². The minimum absolute atomic E-state index is 0.0779. The second-order valence-corrected chi connectivity index (χ2v) is 14.5. The van der Waals surface area contributed by atoms with E-state index >= 15 is 4.39 Å². The maximum Gasteiger partial charge on any atom is 0.410 e. The summed E-state index contributed by atoms with van der Waals surface area (Å²) in [6, 6.07) is 9.95. The Morgan fingerprint density at radius 2 is 1.68 bits per heavy atom. The third-order valence-electron chi connectivity index (χ3n) is 7.90. The number of hydrogen-bond donors (Lipinski definition) is 1. The van der Waals surface area contributed by atoms with Crippen LogP contribution in [0.1, 0.15) is 33.6 Å². The summed E-state index contributed by atoms with van der Waals surface area (Å²) in [4.78, 5) is 25.0. The van der Waals surface area contributed by atoms with Gasteiger partial charge in [0, 0.05) is 79.6 Å². The maximum absolute atomic E-state index is 16.2. The molecule has 47 heavy (non-hydrogen) atoms. The van der Waals surface area contributed by atoms with Crippen LogP contribution in [0.3, 0.4) is 0 Å². The van der Waals surface area contributed by atoms with Gasteiger partial charge in [-0.15, -0.1) is 0 Å². The molecular weight excluding hydrogens is 647 g/mol. The van der Waals surface area contributed by atoms with Gasteiger partial charge in [0.2, 0.25) is 0 Å². The monoisotopic (exact) mass is 682 g/mol. The number of halogens is 2. The van der Waals surface area contributed by atoms with E-state index in [1.165, 1.54) is 16.4 Å². The summed E-state index contributed by atoms with van der Waals surface area (Å²) in [6.45, 7) is 8.58. The molecule has 1 aromatic carbocycles. The molecule has 0 atom stereocenters. The van der Waals surface area contributed by atoms with E-state index in [1.807, 2.05) is 32.9 Å². The number of carbonyl (C=O) groups excluding carboxylic acids is 1. The molecular formula is C32H36ClFN8O4S. The van der Waals surface area contributed by atoms with Gasteiger partial charge in [-0.3, -0.25) is 9.71 Å². The highest BCUT2D eigenvalue weighted by Crippen LogP contribution is 2.38. The lowest BCUT2D eigenvalue weighted by Crippen LogP contribution is -2.50. The molecule has 2 fully saturated rings. The number of rotatable bonds is 7. The molecule has 12 nitrogen and oxygen atoms in total. The Morgan fingerprint density at radius 3 is 2.32 bits per heavy atom. The molecule has 0 spiro atoms. The second-order valence-electron chi connectivity index (χ2n) is 12.4. The summed E-state index contributed by atoms with van der Waals surface area (Å²) in [5, 5.41) is 4.92. The van der Waals surface area contributed by atoms with Crippen molar-refractivity contribution >= 4 is 39.3 Å². The molecule has 2 aliphatic rings. The average Bonchev–Trinajstić information content (AvgIpc) is 3.74. The van der Waals surface area contributed by atoms with E-state index in [0.29, 0.717) is 61.9 Å². The molecule has 4 aromatic rings. The number of nitrogens with zero attached hydrogens (tertiary/aromatic N) is 7. The van der Waals surface area contributed by atoms with Gasteiger partial charge in [0.15, 0.2) is 11.6 Å². The van der Waals surface area contributed by atoms with E-state index in [0.717, 1.165) is 18.5 Å². The van der Waals surface area contributed by atoms with Crippen LogP contribution in [-0.2, 0) is 14.9 Å². The predicted molar refractivity (Wildman–Crippen MR) is 178 cm³/mol. The molecule has 1 amide bonds. The van der Waals surface area contributed by atoms with E-state index in [4.69, 9.17) is 21.4 Å². The lowest BCUT2D eigenvalue weighted by molar-refractivity contribution is 0.0240. The van der Waals surface area contributed by atoms with Crippen molar-refractivity contribution in [2.24, 2.45) is 0 Å². The van der Waals surface area contributed by atoms with Crippen LogP contribution >= 0.6 is 11.6 Å². The Morgan fingerprint density at radius 1 is 0.979 bits per heavy atom. The number of nitrogens with one attached hydrogen (secondary N) is 1. The van der Waals surface area contributed by atoms with Crippen molar-refractivity contribution in [1.29, 1.82) is 0 Å². The molecule has 1 N–H and O–H groups in total. The van der Waals surface area contributed by atoms with Crippen LogP contribution in [0.4, 0.5) is 20.6 Å². The number of benzene rings is 1. The molecule has 3 aromatic heterocycles. The summed E-state index contributed by atoms with van der Waals surface area (Å²) in [7, 11) is -3.96. The number of piperazine rings is 1. The van der Waals surface area contributed by atoms with Crippen molar-refractivity contribution < 1.29 is 22.3 Å². The van der Waals surface area contributed by atoms with Crippen LogP contribution in [0.5, 0.6) is 0 Å². The first-order valence-electron chi connectivity index (χ1n) is 15.3. The van der Waals surface area contributed by atoms with Gasteiger partial charge in [-0.05, 0) is 70.0 Å². The van der Waals surface area contributed by atoms with Gasteiger partial charge in [-0.1, -0.05) is 11.6 Å². The van der Waals surface area contributed by atoms with Crippen LogP contribution < -0.4 is 9.62 Å². The van der Waals surface area contributed by atoms with Gasteiger partial charge in [-0.2, -0.15) is 17.8 Å². The fourth-order valence-corrected chi connectivity index (χ4v) is 7.09. The number of hydrogen-bond acceptors (Lipinski definition) is 8. The molecule has 0 aliphatic carbocycles. The third-order valence-corrected chi connectivity index (χ3v) is 9.64. The zero-order chi connectivity index (χ0) is 33.3. The predicted octanol–water partition coefficient (Wildman–Crippen LogP) is 5.60. The summed E-state index contributed by atoms with van der Waals surface area (Å²) < 4.78 is 52.9. The number of anilines is 2. The number of ether oxygens (including phenoxy) is 1. The lowest BCUT2D eigenvalue weighted by Gasteiger charge is -2.36. The number of amides is 1. The molecule has 0 radical (unpaired) electrons. The van der Waals surface area contributed by atoms with Crippen molar-refractivity contribution in [3.63, 3.8) is 0 Å². The number of pyridine rings is 2. The fraction of sp³-hybridized carbons (Fsp3) is 0.375. The smallest absolute Gasteiger partial charge is 0.410 e. The van der Waals surface area contributed by atoms with Gasteiger partial charge in [0.25, 0.3) is 0 Å². The van der Waals surface area contributed by atoms with Gasteiger partial charge in [-0.25, -0.2) is 18.9 Å². The molecule has 248 valence electrons. The zero-order valence-corrected chi connectivity index (χ0v) is 27.9. The van der Waals surface area contributed by atoms with E-state index in [-0.39, 0.29) is 22.4 Å². The Hall–Kier alpha value is -4.27. The maximum atomic E-state index is 16.2. The van der Waals surface area contributed by atoms with Crippen LogP contribution in [0.25, 0.3) is 28.2 Å². The zero-order valence-electron chi connectivity index (χ0n) is 26.4. The first-order valence-corrected chi connectivity index (χ1v) is 17.2. The lowest BCUT2D eigenvalue weighted by atomic mass is 10.0. The first-order chi connectivity index (χ1) is 22.4. The van der Waals surface area contributed by atoms with Crippen molar-refractivity contribution in [2.45, 2.75) is 39.2 Å². The molecule has 2 saturated heterocycles. The molecule has 5 heterocycles. The summed E-state index contributed by atoms with van der Waals surface area (Å²) in [6.07, 6.45) is 7.77. The minimum Gasteiger partial charge on any atom is -0.444 e. The molecule has 0 bridgehead atoms. The Kier molecular flexibility index (Phi) is 9.09. The van der Waals surface area contributed by atoms with Crippen molar-refractivity contribution in [3.05, 3.63) is 72.0 Å². The first kappa shape index (κ1) is 32.7. The summed E-state index contributed by atoms with van der Waals surface area (Å²) in [5.74, 6) is -0.291. The number of aromatic nitrogens is 4.